The molecule has 5 rings (SSSR count). The zero-order chi connectivity index (χ0) is 29.8. The third kappa shape index (κ3) is 5.49. The van der Waals surface area contributed by atoms with Gasteiger partial charge in [0.25, 0.3) is 0 Å². The Labute approximate surface area is 247 Å². The van der Waals surface area contributed by atoms with Crippen molar-refractivity contribution >= 4 is 0 Å². The minimum Gasteiger partial charge on any atom is -0.394 e. The van der Waals surface area contributed by atoms with Gasteiger partial charge in [-0.15, -0.1) is 0 Å². The van der Waals surface area contributed by atoms with E-state index in [1.807, 2.05) is 13.8 Å². The fraction of sp³-hybridized carbons (Fsp3) is 0.941. The van der Waals surface area contributed by atoms with Gasteiger partial charge < -0.3 is 24.8 Å². The van der Waals surface area contributed by atoms with Gasteiger partial charge in [0.2, 0.25) is 0 Å². The molecule has 0 aromatic carbocycles. The largest absolute Gasteiger partial charge is 0.394 e. The molecule has 0 bridgehead atoms. The summed E-state index contributed by atoms with van der Waals surface area (Å²) in [6, 6.07) is -0.966. The normalized spacial score (nSPS) is 48.1. The molecule has 41 heavy (non-hydrogen) atoms. The second kappa shape index (κ2) is 11.6. The number of unbranched alkanes of at least 4 members (excludes halogenated alkanes) is 1. The van der Waals surface area contributed by atoms with E-state index in [1.165, 1.54) is 44.1 Å². The van der Waals surface area contributed by atoms with Gasteiger partial charge >= 0.3 is 0 Å². The Morgan fingerprint density at radius 3 is 2.54 bits per heavy atom. The predicted octanol–water partition coefficient (Wildman–Crippen LogP) is 6.52. The maximum atomic E-state index is 11.6. The second-order valence-electron chi connectivity index (χ2n) is 15.9. The Balaban J connectivity index is 1.29. The van der Waals surface area contributed by atoms with E-state index >= 15 is 0 Å². The lowest BCUT2D eigenvalue weighted by Gasteiger charge is -2.65. The number of nitroso groups, excluding NO2 is 1. The molecule has 12 atom stereocenters. The lowest BCUT2D eigenvalue weighted by Crippen LogP contribution is -2.58. The zero-order valence-corrected chi connectivity index (χ0v) is 26.5. The van der Waals surface area contributed by atoms with Crippen molar-refractivity contribution in [3.05, 3.63) is 16.6 Å². The molecule has 3 saturated carbocycles. The number of ether oxygens (including phenoxy) is 2. The quantitative estimate of drug-likeness (QED) is 0.164. The molecule has 0 radical (unpaired) electrons. The number of aliphatic hydroxyl groups is 3. The van der Waals surface area contributed by atoms with Crippen LogP contribution in [-0.2, 0) is 9.47 Å². The fourth-order valence-electron chi connectivity index (χ4n) is 10.6. The van der Waals surface area contributed by atoms with Crippen molar-refractivity contribution in [2.75, 3.05) is 6.61 Å². The van der Waals surface area contributed by atoms with Gasteiger partial charge in [-0.05, 0) is 106 Å². The van der Waals surface area contributed by atoms with Crippen molar-refractivity contribution in [2.24, 2.45) is 45.1 Å². The summed E-state index contributed by atoms with van der Waals surface area (Å²) < 4.78 is 12.3. The third-order valence-corrected chi connectivity index (χ3v) is 13.3. The van der Waals surface area contributed by atoms with E-state index in [0.29, 0.717) is 22.7 Å². The molecule has 0 aromatic heterocycles. The SMILES string of the molecule is C[C@@H]1C2=CCC3[C@@](C)(CC[C@]4(C)C(CCCCC(C)(C)O)CC[C@@]34C)C2CC[C@@H]1O[C@@H]1O[C@H](CO)C[C@H](O)[C@H]1N=O. The third-order valence-electron chi connectivity index (χ3n) is 13.3. The number of hydrogen-bond donors (Lipinski definition) is 3. The molecule has 1 heterocycles. The van der Waals surface area contributed by atoms with Crippen molar-refractivity contribution in [1.29, 1.82) is 0 Å². The summed E-state index contributed by atoms with van der Waals surface area (Å²) in [4.78, 5) is 11.6. The van der Waals surface area contributed by atoms with Crippen LogP contribution in [0.2, 0.25) is 0 Å². The molecular formula is C34H57NO6. The van der Waals surface area contributed by atoms with Crippen molar-refractivity contribution < 1.29 is 24.8 Å². The Morgan fingerprint density at radius 2 is 1.85 bits per heavy atom. The van der Waals surface area contributed by atoms with Crippen LogP contribution < -0.4 is 0 Å². The molecule has 7 heteroatoms. The van der Waals surface area contributed by atoms with Gasteiger partial charge in [-0.2, -0.15) is 4.91 Å². The molecule has 5 aliphatic rings. The number of nitrogens with zero attached hydrogens (tertiary/aromatic N) is 1. The molecule has 1 aliphatic heterocycles. The Kier molecular flexibility index (Phi) is 8.91. The van der Waals surface area contributed by atoms with Crippen LogP contribution in [0.1, 0.15) is 119 Å². The molecule has 3 unspecified atom stereocenters. The van der Waals surface area contributed by atoms with Crippen LogP contribution >= 0.6 is 0 Å². The van der Waals surface area contributed by atoms with Crippen LogP contribution in [0, 0.1) is 44.8 Å². The minimum atomic E-state index is -0.966. The predicted molar refractivity (Wildman–Crippen MR) is 160 cm³/mol. The van der Waals surface area contributed by atoms with Gasteiger partial charge in [-0.1, -0.05) is 57.4 Å². The highest BCUT2D eigenvalue weighted by Gasteiger charge is 2.66. The smallest absolute Gasteiger partial charge is 0.186 e. The number of rotatable bonds is 9. The van der Waals surface area contributed by atoms with Gasteiger partial charge in [0.05, 0.1) is 30.5 Å². The van der Waals surface area contributed by atoms with E-state index in [0.717, 1.165) is 38.0 Å². The first kappa shape index (κ1) is 31.6. The maximum Gasteiger partial charge on any atom is 0.186 e. The molecule has 4 fully saturated rings. The molecule has 3 N–H and O–H groups in total. The molecule has 234 valence electrons. The number of fused-ring (bicyclic) bond motifs is 5. The van der Waals surface area contributed by atoms with E-state index in [4.69, 9.17) is 9.47 Å². The van der Waals surface area contributed by atoms with Crippen molar-refractivity contribution in [1.82, 2.24) is 0 Å². The van der Waals surface area contributed by atoms with E-state index in [1.54, 1.807) is 0 Å². The van der Waals surface area contributed by atoms with Crippen LogP contribution in [0.15, 0.2) is 16.8 Å². The number of hydrogen-bond acceptors (Lipinski definition) is 7. The van der Waals surface area contributed by atoms with Crippen LogP contribution in [-0.4, -0.2) is 58.2 Å². The molecule has 0 spiro atoms. The molecule has 0 aromatic rings. The monoisotopic (exact) mass is 575 g/mol. The molecule has 0 amide bonds. The standard InChI is InChI=1S/C34H57NO6/c1-21-24-10-13-28-32(4,17-18-33(5)22(14-16-34(28,33)6)9-7-8-15-31(2,3)38)25(24)11-12-27(21)41-30-29(35-39)26(37)19-23(20-36)40-30/h10,21-23,25-30,36-38H,7-9,11-20H2,1-6H3/t21-,22?,23+,25?,26+,27+,28?,29-,30+,32+,33-,34+/m1/s1. The van der Waals surface area contributed by atoms with Crippen LogP contribution in [0.3, 0.4) is 0 Å². The lowest BCUT2D eigenvalue weighted by atomic mass is 9.40. The first-order valence-electron chi connectivity index (χ1n) is 16.6. The van der Waals surface area contributed by atoms with E-state index in [9.17, 15) is 20.2 Å². The van der Waals surface area contributed by atoms with E-state index in [-0.39, 0.29) is 30.5 Å². The van der Waals surface area contributed by atoms with Crippen molar-refractivity contribution in [3.8, 4) is 0 Å². The van der Waals surface area contributed by atoms with Gasteiger partial charge in [0, 0.05) is 12.3 Å². The minimum absolute atomic E-state index is 0.0965. The summed E-state index contributed by atoms with van der Waals surface area (Å²) in [7, 11) is 0. The Hall–Kier alpha value is -0.860. The average Bonchev–Trinajstić information content (AvgIpc) is 3.17. The highest BCUT2D eigenvalue weighted by molar-refractivity contribution is 5.27. The summed E-state index contributed by atoms with van der Waals surface area (Å²) in [5.74, 6) is 2.22. The molecule has 4 aliphatic carbocycles. The van der Waals surface area contributed by atoms with Crippen molar-refractivity contribution in [3.63, 3.8) is 0 Å². The summed E-state index contributed by atoms with van der Waals surface area (Å²) in [5, 5.41) is 33.4. The highest BCUT2D eigenvalue weighted by atomic mass is 16.7. The first-order chi connectivity index (χ1) is 19.3. The average molecular weight is 576 g/mol. The van der Waals surface area contributed by atoms with Gasteiger partial charge in [-0.25, -0.2) is 0 Å². The van der Waals surface area contributed by atoms with Gasteiger partial charge in [0.1, 0.15) is 0 Å². The molecular weight excluding hydrogens is 518 g/mol. The maximum absolute atomic E-state index is 11.6. The van der Waals surface area contributed by atoms with Crippen LogP contribution in [0.25, 0.3) is 0 Å². The molecule has 1 saturated heterocycles. The summed E-state index contributed by atoms with van der Waals surface area (Å²) in [6.07, 6.45) is 13.1. The topological polar surface area (TPSA) is 109 Å². The van der Waals surface area contributed by atoms with E-state index in [2.05, 4.69) is 38.9 Å². The van der Waals surface area contributed by atoms with E-state index < -0.39 is 30.1 Å². The summed E-state index contributed by atoms with van der Waals surface area (Å²) in [6.45, 7) is 13.7. The lowest BCUT2D eigenvalue weighted by molar-refractivity contribution is -0.256. The number of allylic oxidation sites excluding steroid dienone is 1. The van der Waals surface area contributed by atoms with Crippen molar-refractivity contribution in [2.45, 2.75) is 155 Å². The first-order valence-corrected chi connectivity index (χ1v) is 16.6. The second-order valence-corrected chi connectivity index (χ2v) is 15.9. The zero-order valence-electron chi connectivity index (χ0n) is 26.5. The van der Waals surface area contributed by atoms with Gasteiger partial charge in [-0.3, -0.25) is 0 Å². The fourth-order valence-corrected chi connectivity index (χ4v) is 10.6. The summed E-state index contributed by atoms with van der Waals surface area (Å²) in [5.41, 5.74) is 1.95. The Bertz CT molecular complexity index is 979. The van der Waals surface area contributed by atoms with Crippen LogP contribution in [0.4, 0.5) is 0 Å². The molecule has 7 nitrogen and oxygen atoms in total. The van der Waals surface area contributed by atoms with Gasteiger partial charge in [0.15, 0.2) is 12.3 Å². The Morgan fingerprint density at radius 1 is 1.10 bits per heavy atom. The van der Waals surface area contributed by atoms with Crippen LogP contribution in [0.5, 0.6) is 0 Å². The highest BCUT2D eigenvalue weighted by Crippen LogP contribution is 2.74. The number of aliphatic hydroxyl groups excluding tert-OH is 2. The summed E-state index contributed by atoms with van der Waals surface area (Å²) >= 11 is 0.